The Hall–Kier alpha value is -2.06. The van der Waals surface area contributed by atoms with Crippen LogP contribution in [0.1, 0.15) is 64.5 Å². The second-order valence-electron chi connectivity index (χ2n) is 11.1. The number of rotatable bonds is 14. The lowest BCUT2D eigenvalue weighted by Gasteiger charge is -2.17. The predicted molar refractivity (Wildman–Crippen MR) is 147 cm³/mol. The molecule has 2 aromatic rings. The van der Waals surface area contributed by atoms with Crippen molar-refractivity contribution in [3.05, 3.63) is 83.9 Å². The van der Waals surface area contributed by atoms with E-state index in [2.05, 4.69) is 36.4 Å². The van der Waals surface area contributed by atoms with E-state index in [4.69, 9.17) is 28.4 Å². The summed E-state index contributed by atoms with van der Waals surface area (Å²) < 4.78 is 36.5. The smallest absolute Gasteiger partial charge is 0.163 e. The fourth-order valence-electron chi connectivity index (χ4n) is 5.08. The highest BCUT2D eigenvalue weighted by atomic mass is 16.8. The van der Waals surface area contributed by atoms with Gasteiger partial charge in [-0.05, 0) is 64.5 Å². The molecule has 2 aromatic carbocycles. The van der Waals surface area contributed by atoms with Crippen LogP contribution in [0.15, 0.2) is 72.8 Å². The highest BCUT2D eigenvalue weighted by molar-refractivity contribution is 5.14. The minimum atomic E-state index is -0.584. The zero-order chi connectivity index (χ0) is 26.8. The lowest BCUT2D eigenvalue weighted by molar-refractivity contribution is -0.152. The average Bonchev–Trinajstić information content (AvgIpc) is 3.35. The van der Waals surface area contributed by atoms with E-state index in [-0.39, 0.29) is 24.4 Å². The van der Waals surface area contributed by atoms with E-state index in [1.165, 1.54) is 0 Å². The van der Waals surface area contributed by atoms with Crippen molar-refractivity contribution in [2.75, 3.05) is 13.2 Å². The molecule has 2 aliphatic rings. The van der Waals surface area contributed by atoms with E-state index in [1.54, 1.807) is 0 Å². The Balaban J connectivity index is 1.16. The molecule has 2 fully saturated rings. The van der Waals surface area contributed by atoms with Crippen molar-refractivity contribution in [3.63, 3.8) is 0 Å². The second kappa shape index (κ2) is 13.8. The summed E-state index contributed by atoms with van der Waals surface area (Å²) in [5.74, 6) is -1.17. The Morgan fingerprint density at radius 3 is 1.34 bits per heavy atom. The molecule has 0 saturated carbocycles. The third-order valence-corrected chi connectivity index (χ3v) is 6.76. The highest BCUT2D eigenvalue weighted by Crippen LogP contribution is 2.32. The molecule has 0 unspecified atom stereocenters. The minimum Gasteiger partial charge on any atom is -0.374 e. The molecule has 6 heteroatoms. The fraction of sp³-hybridized carbons (Fsp3) is 0.562. The van der Waals surface area contributed by atoms with Crippen LogP contribution in [0.4, 0.5) is 0 Å². The summed E-state index contributed by atoms with van der Waals surface area (Å²) in [7, 11) is 0. The fourth-order valence-corrected chi connectivity index (χ4v) is 5.08. The van der Waals surface area contributed by atoms with Gasteiger partial charge in [0.1, 0.15) is 12.2 Å². The Morgan fingerprint density at radius 2 is 0.947 bits per heavy atom. The third-order valence-electron chi connectivity index (χ3n) is 6.76. The Bertz CT molecular complexity index is 894. The van der Waals surface area contributed by atoms with E-state index in [9.17, 15) is 0 Å². The molecule has 38 heavy (non-hydrogen) atoms. The highest BCUT2D eigenvalue weighted by Gasteiger charge is 2.41. The number of hydrogen-bond donors (Lipinski definition) is 0. The van der Waals surface area contributed by atoms with Crippen molar-refractivity contribution in [2.24, 2.45) is 0 Å². The first kappa shape index (κ1) is 28.9. The van der Waals surface area contributed by atoms with Gasteiger partial charge in [-0.25, -0.2) is 0 Å². The molecular formula is C32H44O6. The number of benzene rings is 2. The van der Waals surface area contributed by atoms with Gasteiger partial charge in [-0.3, -0.25) is 0 Å². The standard InChI is InChI=1S/C32H44O6/c1-31(2)35-27(29(37-31)23-33-21-25-15-9-7-10-16-25)19-13-5-6-14-20-28-30(38-32(3,4)36-28)24-34-22-26-17-11-8-12-18-26/h5-12,15-18,27-30H,13-14,19-24H2,1-4H3/b6-5+/t27-,28-,29-,30-/m1/s1. The Morgan fingerprint density at radius 1 is 0.579 bits per heavy atom. The predicted octanol–water partition coefficient (Wildman–Crippen LogP) is 6.58. The van der Waals surface area contributed by atoms with Crippen molar-refractivity contribution in [1.29, 1.82) is 0 Å². The van der Waals surface area contributed by atoms with Gasteiger partial charge in [-0.15, -0.1) is 0 Å². The van der Waals surface area contributed by atoms with E-state index >= 15 is 0 Å². The van der Waals surface area contributed by atoms with Crippen LogP contribution in [0.5, 0.6) is 0 Å². The van der Waals surface area contributed by atoms with Crippen LogP contribution in [-0.2, 0) is 41.6 Å². The summed E-state index contributed by atoms with van der Waals surface area (Å²) in [5, 5.41) is 0. The number of ether oxygens (including phenoxy) is 6. The van der Waals surface area contributed by atoms with E-state index in [0.717, 1.165) is 36.8 Å². The van der Waals surface area contributed by atoms with Crippen LogP contribution in [0.25, 0.3) is 0 Å². The van der Waals surface area contributed by atoms with Crippen LogP contribution in [0, 0.1) is 0 Å². The molecule has 0 amide bonds. The molecule has 4 atom stereocenters. The first-order valence-electron chi connectivity index (χ1n) is 13.9. The topological polar surface area (TPSA) is 55.4 Å². The molecule has 0 N–H and O–H groups in total. The summed E-state index contributed by atoms with van der Waals surface area (Å²) in [6, 6.07) is 20.4. The Labute approximate surface area is 228 Å². The maximum absolute atomic E-state index is 6.17. The van der Waals surface area contributed by atoms with Crippen molar-refractivity contribution in [2.45, 2.75) is 103 Å². The van der Waals surface area contributed by atoms with Crippen LogP contribution in [0.2, 0.25) is 0 Å². The van der Waals surface area contributed by atoms with Gasteiger partial charge in [0, 0.05) is 0 Å². The van der Waals surface area contributed by atoms with E-state index in [0.29, 0.717) is 26.4 Å². The molecule has 0 spiro atoms. The SMILES string of the molecule is CC1(C)O[C@H](CC/C=C/CC[C@H]2OC(C)(C)O[C@@H]2COCc2ccccc2)[C@@H](COCc2ccccc2)O1. The molecular weight excluding hydrogens is 480 g/mol. The lowest BCUT2D eigenvalue weighted by Crippen LogP contribution is -2.28. The second-order valence-corrected chi connectivity index (χ2v) is 11.1. The normalized spacial score (nSPS) is 26.3. The molecule has 0 aromatic heterocycles. The van der Waals surface area contributed by atoms with Crippen molar-refractivity contribution < 1.29 is 28.4 Å². The van der Waals surface area contributed by atoms with Gasteiger partial charge < -0.3 is 28.4 Å². The van der Waals surface area contributed by atoms with Crippen LogP contribution < -0.4 is 0 Å². The van der Waals surface area contributed by atoms with Gasteiger partial charge in [-0.1, -0.05) is 72.8 Å². The Kier molecular flexibility index (Phi) is 10.5. The maximum atomic E-state index is 6.17. The van der Waals surface area contributed by atoms with Crippen LogP contribution >= 0.6 is 0 Å². The number of hydrogen-bond acceptors (Lipinski definition) is 6. The average molecular weight is 525 g/mol. The molecule has 208 valence electrons. The van der Waals surface area contributed by atoms with Crippen LogP contribution in [0.3, 0.4) is 0 Å². The zero-order valence-electron chi connectivity index (χ0n) is 23.3. The first-order chi connectivity index (χ1) is 18.3. The quantitative estimate of drug-likeness (QED) is 0.260. The van der Waals surface area contributed by atoms with Crippen molar-refractivity contribution in [1.82, 2.24) is 0 Å². The molecule has 4 rings (SSSR count). The van der Waals surface area contributed by atoms with E-state index < -0.39 is 11.6 Å². The molecule has 0 bridgehead atoms. The summed E-state index contributed by atoms with van der Waals surface area (Å²) >= 11 is 0. The third kappa shape index (κ3) is 9.30. The largest absolute Gasteiger partial charge is 0.374 e. The first-order valence-corrected chi connectivity index (χ1v) is 13.9. The van der Waals surface area contributed by atoms with Gasteiger partial charge in [0.25, 0.3) is 0 Å². The van der Waals surface area contributed by atoms with Crippen LogP contribution in [-0.4, -0.2) is 49.2 Å². The van der Waals surface area contributed by atoms with Gasteiger partial charge in [-0.2, -0.15) is 0 Å². The van der Waals surface area contributed by atoms with Gasteiger partial charge in [0.15, 0.2) is 11.6 Å². The van der Waals surface area contributed by atoms with E-state index in [1.807, 2.05) is 64.1 Å². The minimum absolute atomic E-state index is 0.0175. The summed E-state index contributed by atoms with van der Waals surface area (Å²) in [5.41, 5.74) is 2.32. The molecule has 0 radical (unpaired) electrons. The summed E-state index contributed by atoms with van der Waals surface area (Å²) in [6.45, 7) is 10.1. The lowest BCUT2D eigenvalue weighted by atomic mass is 10.1. The molecule has 0 aliphatic carbocycles. The molecule has 2 saturated heterocycles. The van der Waals surface area contributed by atoms with Crippen molar-refractivity contribution >= 4 is 0 Å². The molecule has 2 heterocycles. The monoisotopic (exact) mass is 524 g/mol. The summed E-state index contributed by atoms with van der Waals surface area (Å²) in [6.07, 6.45) is 8.02. The maximum Gasteiger partial charge on any atom is 0.163 e. The number of allylic oxidation sites excluding steroid dienone is 2. The van der Waals surface area contributed by atoms with Gasteiger partial charge in [0.05, 0.1) is 38.6 Å². The van der Waals surface area contributed by atoms with Gasteiger partial charge in [0.2, 0.25) is 0 Å². The van der Waals surface area contributed by atoms with Crippen molar-refractivity contribution in [3.8, 4) is 0 Å². The molecule has 6 nitrogen and oxygen atoms in total. The zero-order valence-corrected chi connectivity index (χ0v) is 23.3. The summed E-state index contributed by atoms with van der Waals surface area (Å²) in [4.78, 5) is 0. The van der Waals surface area contributed by atoms with Gasteiger partial charge >= 0.3 is 0 Å². The molecule has 2 aliphatic heterocycles.